The molecular formula is C11H10BrFINO2. The van der Waals surface area contributed by atoms with Gasteiger partial charge in [-0.1, -0.05) is 15.9 Å². The molecule has 2 rings (SSSR count). The highest BCUT2D eigenvalue weighted by Gasteiger charge is 2.31. The zero-order valence-electron chi connectivity index (χ0n) is 8.83. The first-order valence-corrected chi connectivity index (χ1v) is 7.25. The standard InChI is InChI=1S/C11H10BrFINO2/c12-8(6-1-2-6)3-7-4-9(13)10(14)5-11(7)15(16)17/h4-6,8H,1-3H2. The summed E-state index contributed by atoms with van der Waals surface area (Å²) in [5.74, 6) is 0.193. The van der Waals surface area contributed by atoms with Gasteiger partial charge in [-0.05, 0) is 53.8 Å². The number of halogens is 3. The van der Waals surface area contributed by atoms with Crippen molar-refractivity contribution < 1.29 is 9.31 Å². The van der Waals surface area contributed by atoms with Gasteiger partial charge >= 0.3 is 0 Å². The molecule has 0 saturated heterocycles. The summed E-state index contributed by atoms with van der Waals surface area (Å²) in [6, 6.07) is 2.59. The van der Waals surface area contributed by atoms with Crippen LogP contribution in [-0.2, 0) is 6.42 Å². The molecule has 1 aliphatic rings. The fourth-order valence-electron chi connectivity index (χ4n) is 1.75. The van der Waals surface area contributed by atoms with Crippen LogP contribution in [0.1, 0.15) is 18.4 Å². The van der Waals surface area contributed by atoms with Crippen molar-refractivity contribution in [2.24, 2.45) is 5.92 Å². The van der Waals surface area contributed by atoms with Gasteiger partial charge in [0.1, 0.15) is 5.82 Å². The van der Waals surface area contributed by atoms with Crippen LogP contribution in [0.4, 0.5) is 10.1 Å². The van der Waals surface area contributed by atoms with E-state index in [0.717, 1.165) is 12.8 Å². The predicted octanol–water partition coefficient (Wildman–Crippen LogP) is 4.05. The zero-order chi connectivity index (χ0) is 12.6. The maximum absolute atomic E-state index is 13.4. The Labute approximate surface area is 120 Å². The van der Waals surface area contributed by atoms with Gasteiger partial charge in [0.2, 0.25) is 0 Å². The quantitative estimate of drug-likeness (QED) is 0.323. The fourth-order valence-corrected chi connectivity index (χ4v) is 3.07. The van der Waals surface area contributed by atoms with Crippen molar-refractivity contribution in [1.82, 2.24) is 0 Å². The molecule has 0 aliphatic heterocycles. The van der Waals surface area contributed by atoms with Gasteiger partial charge in [-0.3, -0.25) is 10.1 Å². The van der Waals surface area contributed by atoms with E-state index in [-0.39, 0.29) is 19.9 Å². The van der Waals surface area contributed by atoms with Crippen molar-refractivity contribution in [3.05, 3.63) is 37.2 Å². The molecule has 17 heavy (non-hydrogen) atoms. The second-order valence-corrected chi connectivity index (χ2v) is 6.55. The maximum Gasteiger partial charge on any atom is 0.273 e. The Balaban J connectivity index is 2.29. The van der Waals surface area contributed by atoms with Gasteiger partial charge in [0, 0.05) is 16.5 Å². The Hall–Kier alpha value is -0.240. The van der Waals surface area contributed by atoms with Crippen LogP contribution in [0, 0.1) is 25.4 Å². The first-order valence-electron chi connectivity index (χ1n) is 5.25. The third-order valence-electron chi connectivity index (χ3n) is 2.87. The Morgan fingerprint density at radius 3 is 2.76 bits per heavy atom. The van der Waals surface area contributed by atoms with E-state index in [4.69, 9.17) is 0 Å². The van der Waals surface area contributed by atoms with Crippen molar-refractivity contribution >= 4 is 44.2 Å². The molecule has 0 bridgehead atoms. The van der Waals surface area contributed by atoms with Gasteiger partial charge in [-0.15, -0.1) is 0 Å². The summed E-state index contributed by atoms with van der Waals surface area (Å²) >= 11 is 5.29. The minimum atomic E-state index is -0.441. The summed E-state index contributed by atoms with van der Waals surface area (Å²) in [7, 11) is 0. The molecule has 0 heterocycles. The highest BCUT2D eigenvalue weighted by Crippen LogP contribution is 2.39. The molecule has 3 nitrogen and oxygen atoms in total. The molecule has 92 valence electrons. The lowest BCUT2D eigenvalue weighted by atomic mass is 10.1. The number of benzene rings is 1. The monoisotopic (exact) mass is 413 g/mol. The van der Waals surface area contributed by atoms with E-state index in [1.165, 1.54) is 12.1 Å². The summed E-state index contributed by atoms with van der Waals surface area (Å²) in [5.41, 5.74) is 0.489. The van der Waals surface area contributed by atoms with Gasteiger partial charge in [-0.2, -0.15) is 0 Å². The first kappa shape index (κ1) is 13.2. The SMILES string of the molecule is O=[N+]([O-])c1cc(I)c(F)cc1CC(Br)C1CC1. The van der Waals surface area contributed by atoms with Crippen LogP contribution in [0.15, 0.2) is 12.1 Å². The number of nitrogens with zero attached hydrogens (tertiary/aromatic N) is 1. The average Bonchev–Trinajstić information content (AvgIpc) is 3.06. The third kappa shape index (κ3) is 3.15. The Kier molecular flexibility index (Phi) is 4.02. The highest BCUT2D eigenvalue weighted by molar-refractivity contribution is 14.1. The number of hydrogen-bond acceptors (Lipinski definition) is 2. The first-order chi connectivity index (χ1) is 7.99. The van der Waals surface area contributed by atoms with Gasteiger partial charge in [0.15, 0.2) is 0 Å². The van der Waals surface area contributed by atoms with E-state index in [2.05, 4.69) is 15.9 Å². The van der Waals surface area contributed by atoms with Crippen LogP contribution >= 0.6 is 38.5 Å². The van der Waals surface area contributed by atoms with Gasteiger partial charge in [0.05, 0.1) is 8.49 Å². The molecule has 0 aromatic heterocycles. The summed E-state index contributed by atoms with van der Waals surface area (Å²) in [6.07, 6.45) is 2.81. The third-order valence-corrected chi connectivity index (χ3v) is 4.76. The van der Waals surface area contributed by atoms with Crippen molar-refractivity contribution in [1.29, 1.82) is 0 Å². The van der Waals surface area contributed by atoms with Crippen LogP contribution < -0.4 is 0 Å². The summed E-state index contributed by atoms with van der Waals surface area (Å²) in [5, 5.41) is 10.9. The predicted molar refractivity (Wildman–Crippen MR) is 74.9 cm³/mol. The number of nitro benzene ring substituents is 1. The van der Waals surface area contributed by atoms with Gasteiger partial charge in [-0.25, -0.2) is 4.39 Å². The molecule has 0 spiro atoms. The summed E-state index contributed by atoms with van der Waals surface area (Å²) < 4.78 is 13.7. The minimum Gasteiger partial charge on any atom is -0.258 e. The Morgan fingerprint density at radius 1 is 1.59 bits per heavy atom. The minimum absolute atomic E-state index is 0.0147. The Bertz CT molecular complexity index is 465. The van der Waals surface area contributed by atoms with Crippen LogP contribution in [0.3, 0.4) is 0 Å². The lowest BCUT2D eigenvalue weighted by molar-refractivity contribution is -0.385. The van der Waals surface area contributed by atoms with Crippen LogP contribution in [0.5, 0.6) is 0 Å². The van der Waals surface area contributed by atoms with E-state index in [9.17, 15) is 14.5 Å². The molecule has 1 unspecified atom stereocenters. The van der Waals surface area contributed by atoms with E-state index in [1.807, 2.05) is 0 Å². The number of hydrogen-bond donors (Lipinski definition) is 0. The molecular weight excluding hydrogens is 404 g/mol. The fraction of sp³-hybridized carbons (Fsp3) is 0.455. The lowest BCUT2D eigenvalue weighted by Gasteiger charge is -2.09. The van der Waals surface area contributed by atoms with E-state index in [1.54, 1.807) is 22.6 Å². The molecule has 1 aromatic rings. The molecule has 1 fully saturated rings. The smallest absolute Gasteiger partial charge is 0.258 e. The number of alkyl halides is 1. The zero-order valence-corrected chi connectivity index (χ0v) is 12.6. The molecule has 1 aromatic carbocycles. The molecule has 1 saturated carbocycles. The maximum atomic E-state index is 13.4. The summed E-state index contributed by atoms with van der Waals surface area (Å²) in [6.45, 7) is 0. The number of nitro groups is 1. The molecule has 1 atom stereocenters. The van der Waals surface area contributed by atoms with Gasteiger partial charge in [0.25, 0.3) is 5.69 Å². The normalized spacial score (nSPS) is 16.9. The summed E-state index contributed by atoms with van der Waals surface area (Å²) in [4.78, 5) is 10.7. The average molecular weight is 414 g/mol. The van der Waals surface area contributed by atoms with Crippen molar-refractivity contribution in [2.75, 3.05) is 0 Å². The van der Waals surface area contributed by atoms with Crippen molar-refractivity contribution in [3.63, 3.8) is 0 Å². The van der Waals surface area contributed by atoms with E-state index >= 15 is 0 Å². The highest BCUT2D eigenvalue weighted by atomic mass is 127. The second kappa shape index (κ2) is 5.17. The Morgan fingerprint density at radius 2 is 2.24 bits per heavy atom. The molecule has 0 radical (unpaired) electrons. The molecule has 0 N–H and O–H groups in total. The molecule has 6 heteroatoms. The molecule has 1 aliphatic carbocycles. The largest absolute Gasteiger partial charge is 0.273 e. The lowest BCUT2D eigenvalue weighted by Crippen LogP contribution is -2.08. The van der Waals surface area contributed by atoms with Crippen LogP contribution in [0.2, 0.25) is 0 Å². The van der Waals surface area contributed by atoms with Crippen molar-refractivity contribution in [2.45, 2.75) is 24.1 Å². The number of rotatable bonds is 4. The van der Waals surface area contributed by atoms with Crippen molar-refractivity contribution in [3.8, 4) is 0 Å². The van der Waals surface area contributed by atoms with E-state index in [0.29, 0.717) is 17.9 Å². The molecule has 0 amide bonds. The van der Waals surface area contributed by atoms with Gasteiger partial charge < -0.3 is 0 Å². The topological polar surface area (TPSA) is 43.1 Å². The second-order valence-electron chi connectivity index (χ2n) is 4.21. The van der Waals surface area contributed by atoms with Crippen LogP contribution in [0.25, 0.3) is 0 Å². The van der Waals surface area contributed by atoms with E-state index < -0.39 is 4.92 Å². The van der Waals surface area contributed by atoms with Crippen LogP contribution in [-0.4, -0.2) is 9.75 Å².